The maximum absolute atomic E-state index is 12.4. The van der Waals surface area contributed by atoms with Crippen LogP contribution in [0.3, 0.4) is 0 Å². The van der Waals surface area contributed by atoms with Crippen molar-refractivity contribution in [3.8, 4) is 0 Å². The van der Waals surface area contributed by atoms with Gasteiger partial charge in [-0.2, -0.15) is 0 Å². The van der Waals surface area contributed by atoms with Gasteiger partial charge in [0.25, 0.3) is 5.91 Å². The van der Waals surface area contributed by atoms with Crippen molar-refractivity contribution in [2.45, 2.75) is 6.92 Å². The second-order valence-corrected chi connectivity index (χ2v) is 7.90. The van der Waals surface area contributed by atoms with Crippen LogP contribution >= 0.6 is 23.6 Å². The third-order valence-corrected chi connectivity index (χ3v) is 5.40. The van der Waals surface area contributed by atoms with Crippen LogP contribution in [0, 0.1) is 6.92 Å². The summed E-state index contributed by atoms with van der Waals surface area (Å²) in [5.41, 5.74) is 2.75. The third-order valence-electron chi connectivity index (χ3n) is 4.01. The van der Waals surface area contributed by atoms with Gasteiger partial charge in [-0.15, -0.1) is 11.3 Å². The van der Waals surface area contributed by atoms with Crippen LogP contribution in [0.1, 0.15) is 25.6 Å². The highest BCUT2D eigenvalue weighted by atomic mass is 32.1. The number of rotatable bonds is 5. The van der Waals surface area contributed by atoms with Crippen molar-refractivity contribution in [2.75, 3.05) is 50.8 Å². The molecule has 9 heteroatoms. The molecule has 0 bridgehead atoms. The monoisotopic (exact) mass is 420 g/mol. The van der Waals surface area contributed by atoms with E-state index in [2.05, 4.69) is 10.6 Å². The van der Waals surface area contributed by atoms with E-state index in [4.69, 9.17) is 17.0 Å². The average molecular weight is 421 g/mol. The van der Waals surface area contributed by atoms with E-state index in [0.29, 0.717) is 26.1 Å². The molecule has 0 radical (unpaired) electrons. The molecule has 0 aliphatic rings. The lowest BCUT2D eigenvalue weighted by Gasteiger charge is -2.14. The Morgan fingerprint density at radius 1 is 1.07 bits per heavy atom. The highest BCUT2D eigenvalue weighted by molar-refractivity contribution is 7.80. The van der Waals surface area contributed by atoms with Crippen LogP contribution in [0.15, 0.2) is 24.3 Å². The Bertz CT molecular complexity index is 889. The van der Waals surface area contributed by atoms with Crippen molar-refractivity contribution in [1.82, 2.24) is 4.90 Å². The highest BCUT2D eigenvalue weighted by Gasteiger charge is 2.26. The Morgan fingerprint density at radius 3 is 2.18 bits per heavy atom. The second kappa shape index (κ2) is 9.03. The molecule has 1 amide bonds. The molecule has 2 aromatic rings. The molecular formula is C19H24N4O3S2. The fraction of sp³-hybridized carbons (Fsp3) is 0.316. The molecule has 0 aliphatic heterocycles. The van der Waals surface area contributed by atoms with Crippen molar-refractivity contribution >= 4 is 56.9 Å². The Balaban J connectivity index is 2.26. The summed E-state index contributed by atoms with van der Waals surface area (Å²) in [5, 5.41) is 6.89. The van der Waals surface area contributed by atoms with E-state index in [1.54, 1.807) is 21.0 Å². The number of thiocarbonyl (C=S) groups is 1. The molecule has 28 heavy (non-hydrogen) atoms. The number of thiophene rings is 1. The number of nitrogens with one attached hydrogen (secondary N) is 2. The normalized spacial score (nSPS) is 10.2. The Labute approximate surface area is 174 Å². The van der Waals surface area contributed by atoms with Gasteiger partial charge >= 0.3 is 5.97 Å². The summed E-state index contributed by atoms with van der Waals surface area (Å²) in [6.07, 6.45) is 0. The Hall–Kier alpha value is -2.65. The van der Waals surface area contributed by atoms with Crippen LogP contribution in [-0.4, -0.2) is 57.2 Å². The van der Waals surface area contributed by atoms with Crippen molar-refractivity contribution in [1.29, 1.82) is 0 Å². The van der Waals surface area contributed by atoms with Crippen molar-refractivity contribution < 1.29 is 14.3 Å². The first-order chi connectivity index (χ1) is 13.1. The van der Waals surface area contributed by atoms with Gasteiger partial charge in [-0.05, 0) is 49.0 Å². The van der Waals surface area contributed by atoms with Crippen LogP contribution in [0.2, 0.25) is 0 Å². The van der Waals surface area contributed by atoms with Crippen LogP contribution in [-0.2, 0) is 4.74 Å². The number of benzene rings is 1. The number of methoxy groups -OCH3 is 1. The number of nitrogens with zero attached hydrogens (tertiary/aromatic N) is 2. The van der Waals surface area contributed by atoms with Gasteiger partial charge in [0.15, 0.2) is 5.11 Å². The number of hydrogen-bond acceptors (Lipinski definition) is 6. The van der Waals surface area contributed by atoms with Crippen molar-refractivity contribution in [2.24, 2.45) is 0 Å². The summed E-state index contributed by atoms with van der Waals surface area (Å²) < 4.78 is 4.88. The van der Waals surface area contributed by atoms with Crippen molar-refractivity contribution in [3.05, 3.63) is 40.3 Å². The predicted octanol–water partition coefficient (Wildman–Crippen LogP) is 3.42. The molecule has 0 unspecified atom stereocenters. The minimum Gasteiger partial charge on any atom is -0.465 e. The van der Waals surface area contributed by atoms with E-state index in [0.717, 1.165) is 11.4 Å². The molecule has 1 heterocycles. The summed E-state index contributed by atoms with van der Waals surface area (Å²) in [6.45, 7) is 1.72. The van der Waals surface area contributed by atoms with E-state index in [1.165, 1.54) is 23.3 Å². The molecule has 150 valence electrons. The zero-order valence-corrected chi connectivity index (χ0v) is 18.4. The quantitative estimate of drug-likeness (QED) is 0.567. The lowest BCUT2D eigenvalue weighted by molar-refractivity contribution is 0.0601. The maximum Gasteiger partial charge on any atom is 0.341 e. The number of amides is 1. The number of carbonyl (C=O) groups is 2. The first kappa shape index (κ1) is 21.6. The number of anilines is 3. The number of carbonyl (C=O) groups excluding carboxylic acids is 2. The topological polar surface area (TPSA) is 73.9 Å². The van der Waals surface area contributed by atoms with Crippen LogP contribution in [0.5, 0.6) is 0 Å². The summed E-state index contributed by atoms with van der Waals surface area (Å²) in [4.78, 5) is 28.6. The van der Waals surface area contributed by atoms with E-state index in [-0.39, 0.29) is 5.91 Å². The molecule has 0 fully saturated rings. The standard InChI is InChI=1S/C19H24N4O3S2/c1-11-14(18(25)26-6)16(28-15(11)17(24)23(4)5)21-19(27)20-12-7-9-13(10-8-12)22(2)3/h7-10H,1-6H3,(H2,20,21,27). The number of hydrogen-bond donors (Lipinski definition) is 2. The molecular weight excluding hydrogens is 396 g/mol. The highest BCUT2D eigenvalue weighted by Crippen LogP contribution is 2.34. The van der Waals surface area contributed by atoms with Crippen LogP contribution in [0.25, 0.3) is 0 Å². The largest absolute Gasteiger partial charge is 0.465 e. The maximum atomic E-state index is 12.4. The summed E-state index contributed by atoms with van der Waals surface area (Å²) in [6, 6.07) is 7.75. The van der Waals surface area contributed by atoms with Gasteiger partial charge in [-0.1, -0.05) is 0 Å². The van der Waals surface area contributed by atoms with Gasteiger partial charge in [0, 0.05) is 39.6 Å². The Morgan fingerprint density at radius 2 is 1.68 bits per heavy atom. The smallest absolute Gasteiger partial charge is 0.341 e. The minimum absolute atomic E-state index is 0.182. The fourth-order valence-electron chi connectivity index (χ4n) is 2.46. The van der Waals surface area contributed by atoms with Crippen LogP contribution in [0.4, 0.5) is 16.4 Å². The van der Waals surface area contributed by atoms with E-state index < -0.39 is 5.97 Å². The van der Waals surface area contributed by atoms with E-state index >= 15 is 0 Å². The average Bonchev–Trinajstić information content (AvgIpc) is 2.96. The van der Waals surface area contributed by atoms with Gasteiger partial charge in [0.05, 0.1) is 17.6 Å². The number of ether oxygens (including phenoxy) is 1. The molecule has 1 aromatic heterocycles. The minimum atomic E-state index is -0.521. The molecule has 0 saturated carbocycles. The van der Waals surface area contributed by atoms with Gasteiger partial charge in [0.2, 0.25) is 0 Å². The molecule has 2 rings (SSSR count). The van der Waals surface area contributed by atoms with E-state index in [1.807, 2.05) is 43.3 Å². The first-order valence-electron chi connectivity index (χ1n) is 8.44. The fourth-order valence-corrected chi connectivity index (χ4v) is 3.97. The third kappa shape index (κ3) is 4.79. The van der Waals surface area contributed by atoms with E-state index in [9.17, 15) is 9.59 Å². The molecule has 0 saturated heterocycles. The zero-order chi connectivity index (χ0) is 21.0. The Kier molecular flexibility index (Phi) is 6.98. The molecule has 0 spiro atoms. The predicted molar refractivity (Wildman–Crippen MR) is 119 cm³/mol. The van der Waals surface area contributed by atoms with Gasteiger partial charge < -0.3 is 25.2 Å². The first-order valence-corrected chi connectivity index (χ1v) is 9.67. The molecule has 0 aliphatic carbocycles. The molecule has 1 aromatic carbocycles. The molecule has 2 N–H and O–H groups in total. The molecule has 0 atom stereocenters. The van der Waals surface area contributed by atoms with Crippen LogP contribution < -0.4 is 15.5 Å². The second-order valence-electron chi connectivity index (χ2n) is 6.47. The van der Waals surface area contributed by atoms with Gasteiger partial charge in [-0.25, -0.2) is 4.79 Å². The summed E-state index contributed by atoms with van der Waals surface area (Å²) in [7, 11) is 8.56. The summed E-state index contributed by atoms with van der Waals surface area (Å²) in [5.74, 6) is -0.703. The zero-order valence-electron chi connectivity index (χ0n) is 16.7. The lowest BCUT2D eigenvalue weighted by Crippen LogP contribution is -2.21. The van der Waals surface area contributed by atoms with Gasteiger partial charge in [0.1, 0.15) is 5.00 Å². The summed E-state index contributed by atoms with van der Waals surface area (Å²) >= 11 is 6.56. The molecule has 7 nitrogen and oxygen atoms in total. The van der Waals surface area contributed by atoms with Crippen molar-refractivity contribution in [3.63, 3.8) is 0 Å². The lowest BCUT2D eigenvalue weighted by atomic mass is 10.1. The SMILES string of the molecule is COC(=O)c1c(NC(=S)Nc2ccc(N(C)C)cc2)sc(C(=O)N(C)C)c1C. The number of esters is 1. The van der Waals surface area contributed by atoms with Gasteiger partial charge in [-0.3, -0.25) is 4.79 Å².